The number of nitrogens with one attached hydrogen (secondary N) is 1. The summed E-state index contributed by atoms with van der Waals surface area (Å²) in [5.74, 6) is 1.26. The van der Waals surface area contributed by atoms with Crippen LogP contribution in [0.1, 0.15) is 35.4 Å². The number of imidazole rings is 1. The van der Waals surface area contributed by atoms with Gasteiger partial charge in [-0.15, -0.1) is 0 Å². The number of carbonyl (C=O) groups excluding carboxylic acids is 1. The highest BCUT2D eigenvalue weighted by Gasteiger charge is 2.20. The van der Waals surface area contributed by atoms with Gasteiger partial charge in [-0.2, -0.15) is 0 Å². The predicted octanol–water partition coefficient (Wildman–Crippen LogP) is 2.05. The number of aromatic nitrogens is 2. The molecule has 2 aliphatic rings. The number of aryl methyl sites for hydroxylation is 3. The molecule has 1 aliphatic carbocycles. The fourth-order valence-electron chi connectivity index (χ4n) is 3.68. The van der Waals surface area contributed by atoms with E-state index in [4.69, 9.17) is 0 Å². The zero-order valence-electron chi connectivity index (χ0n) is 12.7. The first kappa shape index (κ1) is 13.6. The molecule has 0 bridgehead atoms. The second-order valence-corrected chi connectivity index (χ2v) is 6.43. The minimum Gasteiger partial charge on any atom is -0.351 e. The van der Waals surface area contributed by atoms with Crippen molar-refractivity contribution in [3.05, 3.63) is 53.1 Å². The van der Waals surface area contributed by atoms with Gasteiger partial charge in [0.05, 0.1) is 6.42 Å². The number of fused-ring (bicyclic) bond motifs is 2. The highest BCUT2D eigenvalue weighted by molar-refractivity contribution is 5.79. The van der Waals surface area contributed by atoms with Crippen molar-refractivity contribution in [1.29, 1.82) is 0 Å². The standard InChI is InChI=1S/C18H21N3O/c22-18(11-13-4-5-14-2-1-3-15(14)10-13)20-16-6-7-17-19-8-9-21(17)12-16/h4-5,8-10,16H,1-3,6-7,11-12H2,(H,20,22). The fraction of sp³-hybridized carbons (Fsp3) is 0.444. The van der Waals surface area contributed by atoms with Crippen LogP contribution in [-0.4, -0.2) is 21.5 Å². The lowest BCUT2D eigenvalue weighted by atomic mass is 10.0. The van der Waals surface area contributed by atoms with Crippen molar-refractivity contribution in [2.75, 3.05) is 0 Å². The molecule has 4 nitrogen and oxygen atoms in total. The number of hydrogen-bond acceptors (Lipinski definition) is 2. The zero-order chi connectivity index (χ0) is 14.9. The minimum atomic E-state index is 0.131. The van der Waals surface area contributed by atoms with Crippen LogP contribution in [0.4, 0.5) is 0 Å². The number of rotatable bonds is 3. The lowest BCUT2D eigenvalue weighted by molar-refractivity contribution is -0.121. The van der Waals surface area contributed by atoms with Crippen molar-refractivity contribution < 1.29 is 4.79 Å². The third kappa shape index (κ3) is 2.65. The Bertz CT molecular complexity index is 704. The van der Waals surface area contributed by atoms with E-state index in [9.17, 15) is 4.79 Å². The molecule has 0 spiro atoms. The Kier molecular flexibility index (Phi) is 3.45. The maximum atomic E-state index is 12.3. The van der Waals surface area contributed by atoms with Crippen LogP contribution in [-0.2, 0) is 37.0 Å². The fourth-order valence-corrected chi connectivity index (χ4v) is 3.68. The van der Waals surface area contributed by atoms with Crippen molar-refractivity contribution in [3.8, 4) is 0 Å². The lowest BCUT2D eigenvalue weighted by Crippen LogP contribution is -2.41. The van der Waals surface area contributed by atoms with Gasteiger partial charge in [0.2, 0.25) is 5.91 Å². The number of amides is 1. The van der Waals surface area contributed by atoms with Gasteiger partial charge in [0.25, 0.3) is 0 Å². The Hall–Kier alpha value is -2.10. The summed E-state index contributed by atoms with van der Waals surface area (Å²) < 4.78 is 2.14. The molecular weight excluding hydrogens is 274 g/mol. The molecule has 2 heterocycles. The van der Waals surface area contributed by atoms with Crippen LogP contribution < -0.4 is 5.32 Å². The molecule has 1 aliphatic heterocycles. The van der Waals surface area contributed by atoms with Gasteiger partial charge in [-0.05, 0) is 42.4 Å². The molecule has 0 fully saturated rings. The van der Waals surface area contributed by atoms with Gasteiger partial charge in [-0.1, -0.05) is 18.2 Å². The summed E-state index contributed by atoms with van der Waals surface area (Å²) in [5.41, 5.74) is 4.03. The summed E-state index contributed by atoms with van der Waals surface area (Å²) in [4.78, 5) is 16.6. The number of hydrogen-bond donors (Lipinski definition) is 1. The molecule has 22 heavy (non-hydrogen) atoms. The molecule has 0 saturated carbocycles. The molecule has 114 valence electrons. The topological polar surface area (TPSA) is 46.9 Å². The number of benzene rings is 1. The van der Waals surface area contributed by atoms with Crippen LogP contribution >= 0.6 is 0 Å². The van der Waals surface area contributed by atoms with Crippen LogP contribution in [0, 0.1) is 0 Å². The van der Waals surface area contributed by atoms with Gasteiger partial charge in [-0.25, -0.2) is 4.98 Å². The van der Waals surface area contributed by atoms with E-state index in [1.54, 1.807) is 0 Å². The average molecular weight is 295 g/mol. The van der Waals surface area contributed by atoms with Gasteiger partial charge in [0, 0.05) is 31.4 Å². The first-order valence-corrected chi connectivity index (χ1v) is 8.18. The molecule has 1 atom stereocenters. The van der Waals surface area contributed by atoms with Crippen LogP contribution in [0.2, 0.25) is 0 Å². The molecule has 0 saturated heterocycles. The van der Waals surface area contributed by atoms with E-state index in [1.807, 2.05) is 12.4 Å². The molecule has 2 aromatic rings. The van der Waals surface area contributed by atoms with E-state index >= 15 is 0 Å². The van der Waals surface area contributed by atoms with Crippen LogP contribution in [0.15, 0.2) is 30.6 Å². The maximum Gasteiger partial charge on any atom is 0.224 e. The Morgan fingerprint density at radius 1 is 1.27 bits per heavy atom. The SMILES string of the molecule is O=C(Cc1ccc2c(c1)CCC2)NC1CCc2nccn2C1. The monoisotopic (exact) mass is 295 g/mol. The van der Waals surface area contributed by atoms with Crippen molar-refractivity contribution in [1.82, 2.24) is 14.9 Å². The second-order valence-electron chi connectivity index (χ2n) is 6.43. The molecule has 1 N–H and O–H groups in total. The molecule has 0 radical (unpaired) electrons. The Labute approximate surface area is 130 Å². The summed E-state index contributed by atoms with van der Waals surface area (Å²) in [6.07, 6.45) is 9.84. The average Bonchev–Trinajstić information content (AvgIpc) is 3.14. The van der Waals surface area contributed by atoms with Crippen molar-refractivity contribution in [3.63, 3.8) is 0 Å². The maximum absolute atomic E-state index is 12.3. The van der Waals surface area contributed by atoms with E-state index in [0.717, 1.165) is 37.2 Å². The quantitative estimate of drug-likeness (QED) is 0.942. The molecule has 1 amide bonds. The van der Waals surface area contributed by atoms with Crippen molar-refractivity contribution in [2.24, 2.45) is 0 Å². The van der Waals surface area contributed by atoms with Gasteiger partial charge in [-0.3, -0.25) is 4.79 Å². The first-order chi connectivity index (χ1) is 10.8. The Morgan fingerprint density at radius 3 is 3.14 bits per heavy atom. The third-order valence-electron chi connectivity index (χ3n) is 4.83. The van der Waals surface area contributed by atoms with E-state index < -0.39 is 0 Å². The first-order valence-electron chi connectivity index (χ1n) is 8.18. The van der Waals surface area contributed by atoms with Gasteiger partial charge in [0.15, 0.2) is 0 Å². The number of carbonyl (C=O) groups is 1. The molecule has 1 aromatic carbocycles. The highest BCUT2D eigenvalue weighted by Crippen LogP contribution is 2.23. The second kappa shape index (κ2) is 5.59. The summed E-state index contributed by atoms with van der Waals surface area (Å²) in [7, 11) is 0. The summed E-state index contributed by atoms with van der Waals surface area (Å²) in [6.45, 7) is 0.839. The lowest BCUT2D eigenvalue weighted by Gasteiger charge is -2.24. The van der Waals surface area contributed by atoms with E-state index in [0.29, 0.717) is 6.42 Å². The molecule has 4 heteroatoms. The predicted molar refractivity (Wildman–Crippen MR) is 84.6 cm³/mol. The van der Waals surface area contributed by atoms with Gasteiger partial charge >= 0.3 is 0 Å². The van der Waals surface area contributed by atoms with Crippen LogP contribution in [0.5, 0.6) is 0 Å². The van der Waals surface area contributed by atoms with Crippen molar-refractivity contribution in [2.45, 2.75) is 51.1 Å². The third-order valence-corrected chi connectivity index (χ3v) is 4.83. The minimum absolute atomic E-state index is 0.131. The normalized spacial score (nSPS) is 19.5. The van der Waals surface area contributed by atoms with Gasteiger partial charge in [0.1, 0.15) is 5.82 Å². The molecule has 1 aromatic heterocycles. The van der Waals surface area contributed by atoms with Crippen LogP contribution in [0.25, 0.3) is 0 Å². The molecular formula is C18H21N3O. The molecule has 4 rings (SSSR count). The van der Waals surface area contributed by atoms with Gasteiger partial charge < -0.3 is 9.88 Å². The summed E-state index contributed by atoms with van der Waals surface area (Å²) >= 11 is 0. The van der Waals surface area contributed by atoms with E-state index in [2.05, 4.69) is 33.1 Å². The van der Waals surface area contributed by atoms with Crippen molar-refractivity contribution >= 4 is 5.91 Å². The van der Waals surface area contributed by atoms with Crippen LogP contribution in [0.3, 0.4) is 0 Å². The Balaban J connectivity index is 1.37. The molecule has 1 unspecified atom stereocenters. The van der Waals surface area contributed by atoms with E-state index in [1.165, 1.54) is 24.0 Å². The zero-order valence-corrected chi connectivity index (χ0v) is 12.7. The summed E-state index contributed by atoms with van der Waals surface area (Å²) in [6, 6.07) is 6.75. The van der Waals surface area contributed by atoms with E-state index in [-0.39, 0.29) is 11.9 Å². The summed E-state index contributed by atoms with van der Waals surface area (Å²) in [5, 5.41) is 3.18. The smallest absolute Gasteiger partial charge is 0.224 e. The number of nitrogens with zero attached hydrogens (tertiary/aromatic N) is 2. The highest BCUT2D eigenvalue weighted by atomic mass is 16.1. The largest absolute Gasteiger partial charge is 0.351 e. The Morgan fingerprint density at radius 2 is 2.18 bits per heavy atom.